The first-order valence-corrected chi connectivity index (χ1v) is 11.8. The highest BCUT2D eigenvalue weighted by molar-refractivity contribution is 5.95. The molecule has 0 aliphatic heterocycles. The molecule has 0 aliphatic carbocycles. The Morgan fingerprint density at radius 1 is 0.450 bits per heavy atom. The number of hydrogen-bond donors (Lipinski definition) is 4. The van der Waals surface area contributed by atoms with Gasteiger partial charge in [-0.15, -0.1) is 0 Å². The molecule has 0 amide bonds. The van der Waals surface area contributed by atoms with Gasteiger partial charge in [-0.25, -0.2) is 19.2 Å². The molecule has 0 unspecified atom stereocenters. The van der Waals surface area contributed by atoms with Crippen molar-refractivity contribution >= 4 is 23.9 Å². The molecule has 4 aromatic rings. The molecule has 202 valence electrons. The SMILES string of the molecule is O=C(O)c1cc(OCc2ccc(-c3ccc(COc4cc(C(=O)O)cc(C(=O)O)c4)cc3)cc2)cc(C(=O)O)c1. The molecule has 0 atom stereocenters. The molecule has 0 radical (unpaired) electrons. The number of ether oxygens (including phenoxy) is 2. The largest absolute Gasteiger partial charge is 0.489 e. The minimum Gasteiger partial charge on any atom is -0.489 e. The van der Waals surface area contributed by atoms with E-state index in [1.807, 2.05) is 48.5 Å². The Hall–Kier alpha value is -5.64. The third-order valence-electron chi connectivity index (χ3n) is 5.85. The topological polar surface area (TPSA) is 168 Å². The highest BCUT2D eigenvalue weighted by atomic mass is 16.5. The van der Waals surface area contributed by atoms with E-state index in [1.165, 1.54) is 24.3 Å². The number of hydrogen-bond acceptors (Lipinski definition) is 6. The normalized spacial score (nSPS) is 10.5. The van der Waals surface area contributed by atoms with E-state index in [4.69, 9.17) is 9.47 Å². The first-order chi connectivity index (χ1) is 19.1. The summed E-state index contributed by atoms with van der Waals surface area (Å²) < 4.78 is 11.3. The summed E-state index contributed by atoms with van der Waals surface area (Å²) in [4.78, 5) is 45.1. The summed E-state index contributed by atoms with van der Waals surface area (Å²) in [6.45, 7) is 0.205. The van der Waals surface area contributed by atoms with Gasteiger partial charge in [0.25, 0.3) is 0 Å². The molecule has 0 fully saturated rings. The van der Waals surface area contributed by atoms with Gasteiger partial charge in [0.15, 0.2) is 0 Å². The van der Waals surface area contributed by atoms with Gasteiger partial charge in [-0.1, -0.05) is 48.5 Å². The maximum absolute atomic E-state index is 11.3. The third-order valence-corrected chi connectivity index (χ3v) is 5.85. The lowest BCUT2D eigenvalue weighted by atomic mass is 10.0. The van der Waals surface area contributed by atoms with E-state index < -0.39 is 23.9 Å². The first kappa shape index (κ1) is 27.4. The van der Waals surface area contributed by atoms with Crippen LogP contribution in [-0.2, 0) is 13.2 Å². The molecule has 4 N–H and O–H groups in total. The first-order valence-electron chi connectivity index (χ1n) is 11.8. The van der Waals surface area contributed by atoms with Gasteiger partial charge in [0.05, 0.1) is 22.3 Å². The zero-order valence-electron chi connectivity index (χ0n) is 20.7. The van der Waals surface area contributed by atoms with Gasteiger partial charge in [0.1, 0.15) is 24.7 Å². The van der Waals surface area contributed by atoms with E-state index in [-0.39, 0.29) is 47.0 Å². The van der Waals surface area contributed by atoms with Crippen LogP contribution in [-0.4, -0.2) is 44.3 Å². The summed E-state index contributed by atoms with van der Waals surface area (Å²) >= 11 is 0. The van der Waals surface area contributed by atoms with E-state index in [0.717, 1.165) is 34.4 Å². The summed E-state index contributed by atoms with van der Waals surface area (Å²) in [6.07, 6.45) is 0. The van der Waals surface area contributed by atoms with Gasteiger partial charge in [0.2, 0.25) is 0 Å². The van der Waals surface area contributed by atoms with E-state index in [0.29, 0.717) is 0 Å². The number of carboxylic acids is 4. The Morgan fingerprint density at radius 3 is 0.975 bits per heavy atom. The van der Waals surface area contributed by atoms with Crippen LogP contribution in [0.15, 0.2) is 84.9 Å². The van der Waals surface area contributed by atoms with E-state index in [2.05, 4.69) is 0 Å². The van der Waals surface area contributed by atoms with Crippen LogP contribution in [0.4, 0.5) is 0 Å². The fourth-order valence-electron chi connectivity index (χ4n) is 3.78. The number of aromatic carboxylic acids is 4. The second kappa shape index (κ2) is 11.8. The molecule has 0 spiro atoms. The number of carbonyl (C=O) groups is 4. The van der Waals surface area contributed by atoms with Crippen LogP contribution in [0.25, 0.3) is 11.1 Å². The maximum Gasteiger partial charge on any atom is 0.335 e. The van der Waals surface area contributed by atoms with Crippen molar-refractivity contribution in [3.05, 3.63) is 118 Å². The van der Waals surface area contributed by atoms with Crippen molar-refractivity contribution in [2.24, 2.45) is 0 Å². The van der Waals surface area contributed by atoms with Crippen molar-refractivity contribution in [3.8, 4) is 22.6 Å². The molecule has 40 heavy (non-hydrogen) atoms. The molecule has 0 saturated carbocycles. The molecule has 10 nitrogen and oxygen atoms in total. The van der Waals surface area contributed by atoms with Crippen LogP contribution < -0.4 is 9.47 Å². The Balaban J connectivity index is 1.39. The fraction of sp³-hybridized carbons (Fsp3) is 0.0667. The molecule has 0 aliphatic rings. The van der Waals surface area contributed by atoms with Crippen molar-refractivity contribution in [3.63, 3.8) is 0 Å². The van der Waals surface area contributed by atoms with Crippen LogP contribution in [0.1, 0.15) is 52.6 Å². The van der Waals surface area contributed by atoms with Crippen molar-refractivity contribution < 1.29 is 49.1 Å². The zero-order valence-corrected chi connectivity index (χ0v) is 20.7. The van der Waals surface area contributed by atoms with Crippen LogP contribution >= 0.6 is 0 Å². The standard InChI is InChI=1S/C30H22O10/c31-27(32)21-9-22(28(33)34)12-25(11-21)39-15-17-1-5-19(6-2-17)20-7-3-18(4-8-20)16-40-26-13-23(29(35)36)10-24(14-26)30(37)38/h1-14H,15-16H2,(H,31,32)(H,33,34)(H,35,36)(H,37,38). The summed E-state index contributed by atoms with van der Waals surface area (Å²) in [5, 5.41) is 36.8. The number of benzene rings is 4. The third kappa shape index (κ3) is 6.81. The van der Waals surface area contributed by atoms with E-state index >= 15 is 0 Å². The average Bonchev–Trinajstić information content (AvgIpc) is 2.95. The zero-order chi connectivity index (χ0) is 28.8. The molecule has 0 aromatic heterocycles. The lowest BCUT2D eigenvalue weighted by Crippen LogP contribution is -2.04. The number of carboxylic acid groups (broad SMARTS) is 4. The highest BCUT2D eigenvalue weighted by Gasteiger charge is 2.14. The molecule has 4 rings (SSSR count). The van der Waals surface area contributed by atoms with Crippen molar-refractivity contribution in [2.75, 3.05) is 0 Å². The minimum absolute atomic E-state index is 0.103. The van der Waals surface area contributed by atoms with Crippen LogP contribution in [0.2, 0.25) is 0 Å². The summed E-state index contributed by atoms with van der Waals surface area (Å²) in [6, 6.07) is 22.1. The summed E-state index contributed by atoms with van der Waals surface area (Å²) in [5.74, 6) is -4.76. The Labute approximate surface area is 227 Å². The van der Waals surface area contributed by atoms with Gasteiger partial charge in [-0.2, -0.15) is 0 Å². The predicted molar refractivity (Wildman–Crippen MR) is 141 cm³/mol. The summed E-state index contributed by atoms with van der Waals surface area (Å²) in [5.41, 5.74) is 2.67. The molecular weight excluding hydrogens is 520 g/mol. The lowest BCUT2D eigenvalue weighted by molar-refractivity contribution is 0.0675. The Kier molecular flexibility index (Phi) is 8.10. The molecule has 4 aromatic carbocycles. The highest BCUT2D eigenvalue weighted by Crippen LogP contribution is 2.24. The van der Waals surface area contributed by atoms with E-state index in [9.17, 15) is 39.6 Å². The Bertz CT molecular complexity index is 1400. The lowest BCUT2D eigenvalue weighted by Gasteiger charge is -2.10. The summed E-state index contributed by atoms with van der Waals surface area (Å²) in [7, 11) is 0. The van der Waals surface area contributed by atoms with E-state index in [1.54, 1.807) is 0 Å². The van der Waals surface area contributed by atoms with Gasteiger partial charge in [-0.05, 0) is 58.7 Å². The van der Waals surface area contributed by atoms with Gasteiger partial charge in [0, 0.05) is 0 Å². The molecule has 0 heterocycles. The number of rotatable bonds is 11. The monoisotopic (exact) mass is 542 g/mol. The van der Waals surface area contributed by atoms with Crippen molar-refractivity contribution in [1.82, 2.24) is 0 Å². The maximum atomic E-state index is 11.3. The van der Waals surface area contributed by atoms with Crippen molar-refractivity contribution in [1.29, 1.82) is 0 Å². The van der Waals surface area contributed by atoms with Gasteiger partial charge >= 0.3 is 23.9 Å². The molecular formula is C30H22O10. The second-order valence-electron chi connectivity index (χ2n) is 8.68. The smallest absolute Gasteiger partial charge is 0.335 e. The van der Waals surface area contributed by atoms with Crippen LogP contribution in [0.5, 0.6) is 11.5 Å². The molecule has 0 saturated heterocycles. The van der Waals surface area contributed by atoms with Crippen LogP contribution in [0.3, 0.4) is 0 Å². The molecule has 10 heteroatoms. The second-order valence-corrected chi connectivity index (χ2v) is 8.68. The predicted octanol–water partition coefficient (Wildman–Crippen LogP) is 5.30. The Morgan fingerprint density at radius 2 is 0.725 bits per heavy atom. The quantitative estimate of drug-likeness (QED) is 0.195. The minimum atomic E-state index is -1.26. The van der Waals surface area contributed by atoms with Crippen molar-refractivity contribution in [2.45, 2.75) is 13.2 Å². The van der Waals surface area contributed by atoms with Crippen LogP contribution in [0, 0.1) is 0 Å². The fourth-order valence-corrected chi connectivity index (χ4v) is 3.78. The average molecular weight is 542 g/mol. The van der Waals surface area contributed by atoms with Gasteiger partial charge in [-0.3, -0.25) is 0 Å². The van der Waals surface area contributed by atoms with Gasteiger partial charge < -0.3 is 29.9 Å². The molecule has 0 bridgehead atoms.